The summed E-state index contributed by atoms with van der Waals surface area (Å²) in [5.74, 6) is 0.670. The highest BCUT2D eigenvalue weighted by Gasteiger charge is 2.24. The van der Waals surface area contributed by atoms with E-state index < -0.39 is 0 Å². The van der Waals surface area contributed by atoms with Crippen LogP contribution in [0.15, 0.2) is 0 Å². The molecule has 1 fully saturated rings. The van der Waals surface area contributed by atoms with E-state index in [0.29, 0.717) is 12.0 Å². The summed E-state index contributed by atoms with van der Waals surface area (Å²) >= 11 is 0. The Bertz CT molecular complexity index is 188. The predicted octanol–water partition coefficient (Wildman–Crippen LogP) is 0.314. The molecule has 16 heavy (non-hydrogen) atoms. The van der Waals surface area contributed by atoms with Gasteiger partial charge in [0.15, 0.2) is 0 Å². The number of methoxy groups -OCH3 is 1. The summed E-state index contributed by atoms with van der Waals surface area (Å²) in [6.07, 6.45) is 1.22. The number of hydrogen-bond donors (Lipinski definition) is 2. The first kappa shape index (κ1) is 13.9. The van der Waals surface area contributed by atoms with Crippen LogP contribution in [0.1, 0.15) is 20.3 Å². The van der Waals surface area contributed by atoms with E-state index in [4.69, 9.17) is 4.74 Å². The molecular weight excluding hydrogens is 204 g/mol. The van der Waals surface area contributed by atoms with Crippen LogP contribution >= 0.6 is 0 Å². The Kier molecular flexibility index (Phi) is 6.28. The van der Waals surface area contributed by atoms with E-state index in [2.05, 4.69) is 24.1 Å². The third-order valence-corrected chi connectivity index (χ3v) is 3.04. The summed E-state index contributed by atoms with van der Waals surface area (Å²) in [6.45, 7) is 8.46. The number of aliphatic hydroxyl groups is 1. The minimum atomic E-state index is 0.196. The number of aliphatic hydroxyl groups excluding tert-OH is 1. The molecule has 1 saturated heterocycles. The normalized spacial score (nSPS) is 24.2. The van der Waals surface area contributed by atoms with Gasteiger partial charge in [-0.15, -0.1) is 0 Å². The lowest BCUT2D eigenvalue weighted by molar-refractivity contribution is 0.147. The molecule has 0 spiro atoms. The average molecular weight is 230 g/mol. The van der Waals surface area contributed by atoms with Crippen LogP contribution in [-0.2, 0) is 4.74 Å². The van der Waals surface area contributed by atoms with Gasteiger partial charge in [0.1, 0.15) is 0 Å². The minimum Gasteiger partial charge on any atom is -0.395 e. The molecule has 4 nitrogen and oxygen atoms in total. The summed E-state index contributed by atoms with van der Waals surface area (Å²) in [6, 6.07) is 0.621. The van der Waals surface area contributed by atoms with Gasteiger partial charge in [-0.3, -0.25) is 0 Å². The molecule has 4 heteroatoms. The molecular formula is C12H26N2O2. The van der Waals surface area contributed by atoms with Gasteiger partial charge in [0.25, 0.3) is 0 Å². The molecule has 0 radical (unpaired) electrons. The number of hydrogen-bond acceptors (Lipinski definition) is 4. The first-order valence-electron chi connectivity index (χ1n) is 6.24. The van der Waals surface area contributed by atoms with E-state index in [1.54, 1.807) is 7.11 Å². The summed E-state index contributed by atoms with van der Waals surface area (Å²) < 4.78 is 5.18. The third kappa shape index (κ3) is 4.78. The lowest BCUT2D eigenvalue weighted by atomic mass is 10.1. The second-order valence-electron chi connectivity index (χ2n) is 5.07. The van der Waals surface area contributed by atoms with Crippen LogP contribution < -0.4 is 5.32 Å². The number of nitrogens with zero attached hydrogens (tertiary/aromatic N) is 1. The largest absolute Gasteiger partial charge is 0.395 e. The van der Waals surface area contributed by atoms with E-state index in [0.717, 1.165) is 26.2 Å². The number of likely N-dealkylation sites (tertiary alicyclic amines) is 1. The SMILES string of the molecule is COCC1CCN(CC(CO)NC(C)C)C1. The van der Waals surface area contributed by atoms with Crippen molar-refractivity contribution in [3.63, 3.8) is 0 Å². The fraction of sp³-hybridized carbons (Fsp3) is 1.00. The van der Waals surface area contributed by atoms with Gasteiger partial charge in [0.2, 0.25) is 0 Å². The van der Waals surface area contributed by atoms with Gasteiger partial charge in [-0.25, -0.2) is 0 Å². The Morgan fingerprint density at radius 2 is 2.25 bits per heavy atom. The molecule has 0 aromatic heterocycles. The summed E-state index contributed by atoms with van der Waals surface area (Å²) in [5.41, 5.74) is 0. The van der Waals surface area contributed by atoms with Crippen molar-refractivity contribution in [3.8, 4) is 0 Å². The molecule has 0 aliphatic carbocycles. The molecule has 1 aliphatic heterocycles. The molecule has 2 N–H and O–H groups in total. The van der Waals surface area contributed by atoms with Gasteiger partial charge in [-0.1, -0.05) is 13.8 Å². The molecule has 96 valence electrons. The number of nitrogens with one attached hydrogen (secondary N) is 1. The predicted molar refractivity (Wildman–Crippen MR) is 65.6 cm³/mol. The van der Waals surface area contributed by atoms with Gasteiger partial charge in [-0.2, -0.15) is 0 Å². The van der Waals surface area contributed by atoms with E-state index >= 15 is 0 Å². The van der Waals surface area contributed by atoms with Crippen molar-refractivity contribution in [2.75, 3.05) is 40.0 Å². The monoisotopic (exact) mass is 230 g/mol. The van der Waals surface area contributed by atoms with Crippen molar-refractivity contribution in [1.29, 1.82) is 0 Å². The summed E-state index contributed by atoms with van der Waals surface area (Å²) in [7, 11) is 1.76. The smallest absolute Gasteiger partial charge is 0.0597 e. The second kappa shape index (κ2) is 7.22. The van der Waals surface area contributed by atoms with Crippen LogP contribution in [0.2, 0.25) is 0 Å². The molecule has 0 aromatic carbocycles. The summed E-state index contributed by atoms with van der Waals surface area (Å²) in [5, 5.41) is 12.7. The van der Waals surface area contributed by atoms with Crippen molar-refractivity contribution in [1.82, 2.24) is 10.2 Å². The minimum absolute atomic E-state index is 0.196. The Balaban J connectivity index is 2.25. The molecule has 1 heterocycles. The van der Waals surface area contributed by atoms with Crippen molar-refractivity contribution in [3.05, 3.63) is 0 Å². The molecule has 0 bridgehead atoms. The summed E-state index contributed by atoms with van der Waals surface area (Å²) in [4.78, 5) is 2.42. The van der Waals surface area contributed by atoms with Gasteiger partial charge in [0.05, 0.1) is 13.2 Å². The van der Waals surface area contributed by atoms with Gasteiger partial charge >= 0.3 is 0 Å². The zero-order valence-electron chi connectivity index (χ0n) is 10.8. The van der Waals surface area contributed by atoms with E-state index in [-0.39, 0.29) is 12.6 Å². The Morgan fingerprint density at radius 3 is 2.81 bits per heavy atom. The highest BCUT2D eigenvalue weighted by atomic mass is 16.5. The molecule has 0 amide bonds. The van der Waals surface area contributed by atoms with Crippen LogP contribution in [0.25, 0.3) is 0 Å². The van der Waals surface area contributed by atoms with E-state index in [1.165, 1.54) is 6.42 Å². The molecule has 1 rings (SSSR count). The standard InChI is InChI=1S/C12H26N2O2/c1-10(2)13-12(8-15)7-14-5-4-11(6-14)9-16-3/h10-13,15H,4-9H2,1-3H3. The van der Waals surface area contributed by atoms with E-state index in [1.807, 2.05) is 0 Å². The molecule has 2 unspecified atom stereocenters. The van der Waals surface area contributed by atoms with Crippen LogP contribution in [0, 0.1) is 5.92 Å². The maximum atomic E-state index is 9.29. The van der Waals surface area contributed by atoms with Gasteiger partial charge in [0, 0.05) is 32.3 Å². The van der Waals surface area contributed by atoms with Crippen molar-refractivity contribution in [2.24, 2.45) is 5.92 Å². The third-order valence-electron chi connectivity index (χ3n) is 3.04. The topological polar surface area (TPSA) is 44.7 Å². The second-order valence-corrected chi connectivity index (χ2v) is 5.07. The Hall–Kier alpha value is -0.160. The first-order chi connectivity index (χ1) is 7.65. The fourth-order valence-corrected chi connectivity index (χ4v) is 2.40. The molecule has 1 aliphatic rings. The van der Waals surface area contributed by atoms with Crippen molar-refractivity contribution >= 4 is 0 Å². The fourth-order valence-electron chi connectivity index (χ4n) is 2.40. The lowest BCUT2D eigenvalue weighted by Gasteiger charge is -2.25. The van der Waals surface area contributed by atoms with Crippen LogP contribution in [-0.4, -0.2) is 62.0 Å². The Morgan fingerprint density at radius 1 is 1.50 bits per heavy atom. The first-order valence-corrected chi connectivity index (χ1v) is 6.24. The van der Waals surface area contributed by atoms with Crippen LogP contribution in [0.5, 0.6) is 0 Å². The van der Waals surface area contributed by atoms with Crippen LogP contribution in [0.4, 0.5) is 0 Å². The van der Waals surface area contributed by atoms with Gasteiger partial charge in [-0.05, 0) is 18.9 Å². The molecule has 2 atom stereocenters. The maximum absolute atomic E-state index is 9.29. The van der Waals surface area contributed by atoms with E-state index in [9.17, 15) is 5.11 Å². The van der Waals surface area contributed by atoms with Crippen molar-refractivity contribution in [2.45, 2.75) is 32.4 Å². The lowest BCUT2D eigenvalue weighted by Crippen LogP contribution is -2.45. The highest BCUT2D eigenvalue weighted by Crippen LogP contribution is 2.16. The number of rotatable bonds is 7. The molecule has 0 saturated carbocycles. The number of ether oxygens (including phenoxy) is 1. The maximum Gasteiger partial charge on any atom is 0.0597 e. The molecule has 0 aromatic rings. The van der Waals surface area contributed by atoms with Gasteiger partial charge < -0.3 is 20.1 Å². The highest BCUT2D eigenvalue weighted by molar-refractivity contribution is 4.80. The van der Waals surface area contributed by atoms with Crippen molar-refractivity contribution < 1.29 is 9.84 Å². The average Bonchev–Trinajstić information content (AvgIpc) is 2.64. The zero-order chi connectivity index (χ0) is 12.0. The quantitative estimate of drug-likeness (QED) is 0.661. The van der Waals surface area contributed by atoms with Crippen LogP contribution in [0.3, 0.4) is 0 Å². The zero-order valence-corrected chi connectivity index (χ0v) is 10.8. The Labute approximate surface area is 99.0 Å².